The van der Waals surface area contributed by atoms with Gasteiger partial charge in [-0.25, -0.2) is 4.98 Å². The fourth-order valence-electron chi connectivity index (χ4n) is 4.18. The molecule has 0 bridgehead atoms. The Kier molecular flexibility index (Phi) is 9.24. The van der Waals surface area contributed by atoms with Gasteiger partial charge in [0, 0.05) is 54.3 Å². The molecule has 0 unspecified atom stereocenters. The lowest BCUT2D eigenvalue weighted by molar-refractivity contribution is -0.106. The zero-order valence-electron chi connectivity index (χ0n) is 21.9. The molecule has 39 heavy (non-hydrogen) atoms. The maximum absolute atomic E-state index is 13.0. The number of carbonyl (C=O) groups is 2. The van der Waals surface area contributed by atoms with Crippen LogP contribution in [0, 0.1) is 13.8 Å². The molecule has 2 aromatic heterocycles. The first-order chi connectivity index (χ1) is 18.7. The van der Waals surface area contributed by atoms with Crippen LogP contribution in [0.5, 0.6) is 0 Å². The molecule has 0 fully saturated rings. The number of rotatable bonds is 9. The molecule has 7 nitrogen and oxygen atoms in total. The van der Waals surface area contributed by atoms with Gasteiger partial charge in [-0.3, -0.25) is 14.6 Å². The van der Waals surface area contributed by atoms with Crippen LogP contribution in [0.4, 0.5) is 5.69 Å². The van der Waals surface area contributed by atoms with Gasteiger partial charge in [0.2, 0.25) is 0 Å². The molecule has 0 atom stereocenters. The number of anilines is 1. The van der Waals surface area contributed by atoms with E-state index >= 15 is 0 Å². The summed E-state index contributed by atoms with van der Waals surface area (Å²) in [4.78, 5) is 34.4. The third-order valence-corrected chi connectivity index (χ3v) is 7.63. The molecule has 4 rings (SSSR count). The topological polar surface area (TPSA) is 90.4 Å². The Hall–Kier alpha value is -3.43. The molecule has 0 saturated heterocycles. The summed E-state index contributed by atoms with van der Waals surface area (Å²) in [5.74, 6) is -0.473. The molecular weight excluding hydrogens is 582 g/mol. The second-order valence-electron chi connectivity index (χ2n) is 8.91. The van der Waals surface area contributed by atoms with Crippen LogP contribution in [0.2, 0.25) is 5.02 Å². The summed E-state index contributed by atoms with van der Waals surface area (Å²) >= 11 is 10.2. The van der Waals surface area contributed by atoms with Gasteiger partial charge in [0.1, 0.15) is 11.4 Å². The fraction of sp³-hybridized carbons (Fsp3) is 0.200. The van der Waals surface area contributed by atoms with Crippen LogP contribution < -0.4 is 5.32 Å². The number of carbonyl (C=O) groups excluding carboxylic acids is 2. The summed E-state index contributed by atoms with van der Waals surface area (Å²) in [6.07, 6.45) is 2.71. The second-order valence-corrected chi connectivity index (χ2v) is 10.1. The molecule has 2 heterocycles. The Labute approximate surface area is 240 Å². The van der Waals surface area contributed by atoms with Gasteiger partial charge in [0.25, 0.3) is 5.91 Å². The van der Waals surface area contributed by atoms with Gasteiger partial charge in [-0.05, 0) is 70.2 Å². The van der Waals surface area contributed by atoms with Gasteiger partial charge in [0.05, 0.1) is 5.02 Å². The molecule has 200 valence electrons. The third-order valence-electron chi connectivity index (χ3n) is 6.35. The number of methoxy groups -OCH3 is 2. The Morgan fingerprint density at radius 1 is 0.949 bits per heavy atom. The first-order valence-corrected chi connectivity index (χ1v) is 13.3. The van der Waals surface area contributed by atoms with E-state index in [1.54, 1.807) is 30.6 Å². The van der Waals surface area contributed by atoms with Crippen LogP contribution in [0.25, 0.3) is 11.1 Å². The average Bonchev–Trinajstić information content (AvgIpc) is 2.93. The number of Topliss-reactive ketones (excluding diaryl/α,β-unsaturated/α-hetero) is 1. The maximum atomic E-state index is 13.0. The molecule has 1 N–H and O–H groups in total. The summed E-state index contributed by atoms with van der Waals surface area (Å²) in [6.45, 7) is 3.81. The van der Waals surface area contributed by atoms with Crippen molar-refractivity contribution >= 4 is 44.9 Å². The zero-order valence-corrected chi connectivity index (χ0v) is 24.3. The van der Waals surface area contributed by atoms with Gasteiger partial charge in [0.15, 0.2) is 12.1 Å². The molecule has 0 radical (unpaired) electrons. The number of aryl methyl sites for hydroxylation is 1. The number of pyridine rings is 2. The Morgan fingerprint density at radius 3 is 2.31 bits per heavy atom. The largest absolute Gasteiger partial charge is 0.352 e. The molecule has 9 heteroatoms. The minimum atomic E-state index is -0.549. The molecule has 0 aliphatic carbocycles. The number of halogens is 2. The Balaban J connectivity index is 1.56. The van der Waals surface area contributed by atoms with Crippen molar-refractivity contribution in [3.8, 4) is 11.1 Å². The number of amides is 1. The monoisotopic (exact) mass is 607 g/mol. The first-order valence-electron chi connectivity index (χ1n) is 12.1. The number of nitrogens with zero attached hydrogens (tertiary/aromatic N) is 2. The Morgan fingerprint density at radius 2 is 1.64 bits per heavy atom. The number of benzene rings is 2. The SMILES string of the molecule is COC(OC)c1ccc(C(=O)Cc2cccc(-c3cccc(NC(=O)c4cc(C)c(Br)cn4)c3C)c2Cl)nc1. The summed E-state index contributed by atoms with van der Waals surface area (Å²) in [6, 6.07) is 16.3. The molecule has 4 aromatic rings. The Bertz CT molecular complexity index is 1520. The summed E-state index contributed by atoms with van der Waals surface area (Å²) < 4.78 is 11.3. The van der Waals surface area contributed by atoms with Gasteiger partial charge in [-0.1, -0.05) is 48.0 Å². The smallest absolute Gasteiger partial charge is 0.274 e. The number of nitrogens with one attached hydrogen (secondary N) is 1. The van der Waals surface area contributed by atoms with Crippen molar-refractivity contribution in [1.29, 1.82) is 0 Å². The standard InChI is InChI=1S/C30H27BrClN3O4/c1-17-13-26(34-16-23(17)31)29(37)35-24-10-6-8-21(18(24)2)22-9-5-7-19(28(22)32)14-27(36)25-12-11-20(15-33-25)30(38-3)39-4/h5-13,15-16,30H,14H2,1-4H3,(H,35,37). The van der Waals surface area contributed by atoms with Crippen LogP contribution in [0.1, 0.15) is 49.5 Å². The van der Waals surface area contributed by atoms with Crippen LogP contribution >= 0.6 is 27.5 Å². The van der Waals surface area contributed by atoms with E-state index in [4.69, 9.17) is 21.1 Å². The van der Waals surface area contributed by atoms with Crippen molar-refractivity contribution in [2.75, 3.05) is 19.5 Å². The molecular formula is C30H27BrClN3O4. The molecule has 1 amide bonds. The fourth-order valence-corrected chi connectivity index (χ4v) is 4.69. The highest BCUT2D eigenvalue weighted by Gasteiger charge is 2.18. The van der Waals surface area contributed by atoms with E-state index in [1.165, 1.54) is 14.2 Å². The van der Waals surface area contributed by atoms with E-state index in [0.29, 0.717) is 33.2 Å². The molecule has 0 aliphatic heterocycles. The minimum absolute atomic E-state index is 0.0844. The van der Waals surface area contributed by atoms with Crippen molar-refractivity contribution in [3.05, 3.63) is 110 Å². The van der Waals surface area contributed by atoms with Gasteiger partial charge in [-0.2, -0.15) is 0 Å². The lowest BCUT2D eigenvalue weighted by atomic mass is 9.95. The summed E-state index contributed by atoms with van der Waals surface area (Å²) in [5.41, 5.74) is 6.05. The van der Waals surface area contributed by atoms with Crippen LogP contribution in [-0.4, -0.2) is 35.9 Å². The predicted octanol–water partition coefficient (Wildman–Crippen LogP) is 7.15. The predicted molar refractivity (Wildman–Crippen MR) is 155 cm³/mol. The molecule has 2 aromatic carbocycles. The molecule has 0 saturated carbocycles. The van der Waals surface area contributed by atoms with Gasteiger partial charge < -0.3 is 14.8 Å². The molecule has 0 spiro atoms. The summed E-state index contributed by atoms with van der Waals surface area (Å²) in [7, 11) is 3.07. The van der Waals surface area contributed by atoms with Crippen molar-refractivity contribution < 1.29 is 19.1 Å². The number of ketones is 1. The lowest BCUT2D eigenvalue weighted by Gasteiger charge is -2.15. The number of ether oxygens (including phenoxy) is 2. The van der Waals surface area contributed by atoms with Crippen molar-refractivity contribution in [2.45, 2.75) is 26.6 Å². The van der Waals surface area contributed by atoms with Gasteiger partial charge in [-0.15, -0.1) is 0 Å². The van der Waals surface area contributed by atoms with Gasteiger partial charge >= 0.3 is 0 Å². The van der Waals surface area contributed by atoms with Crippen molar-refractivity contribution in [3.63, 3.8) is 0 Å². The highest BCUT2D eigenvalue weighted by atomic mass is 79.9. The quantitative estimate of drug-likeness (QED) is 0.160. The minimum Gasteiger partial charge on any atom is -0.352 e. The van der Waals surface area contributed by atoms with E-state index in [1.807, 2.05) is 50.2 Å². The highest BCUT2D eigenvalue weighted by molar-refractivity contribution is 9.10. The second kappa shape index (κ2) is 12.6. The number of aromatic nitrogens is 2. The van der Waals surface area contributed by atoms with Crippen molar-refractivity contribution in [1.82, 2.24) is 9.97 Å². The van der Waals surface area contributed by atoms with Crippen LogP contribution in [-0.2, 0) is 15.9 Å². The van der Waals surface area contributed by atoms with E-state index in [9.17, 15) is 9.59 Å². The number of hydrogen-bond donors (Lipinski definition) is 1. The maximum Gasteiger partial charge on any atom is 0.274 e. The first kappa shape index (κ1) is 28.6. The summed E-state index contributed by atoms with van der Waals surface area (Å²) in [5, 5.41) is 3.42. The van der Waals surface area contributed by atoms with Crippen molar-refractivity contribution in [2.24, 2.45) is 0 Å². The van der Waals surface area contributed by atoms with E-state index in [-0.39, 0.29) is 18.1 Å². The van der Waals surface area contributed by atoms with E-state index in [2.05, 4.69) is 31.2 Å². The van der Waals surface area contributed by atoms with E-state index in [0.717, 1.165) is 26.7 Å². The zero-order chi connectivity index (χ0) is 28.1. The highest BCUT2D eigenvalue weighted by Crippen LogP contribution is 2.36. The lowest BCUT2D eigenvalue weighted by Crippen LogP contribution is -2.15. The normalized spacial score (nSPS) is 11.1. The van der Waals surface area contributed by atoms with E-state index < -0.39 is 6.29 Å². The van der Waals surface area contributed by atoms with Crippen LogP contribution in [0.15, 0.2) is 71.5 Å². The average molecular weight is 609 g/mol. The molecule has 0 aliphatic rings. The third kappa shape index (κ3) is 6.42. The van der Waals surface area contributed by atoms with Crippen LogP contribution in [0.3, 0.4) is 0 Å². The number of hydrogen-bond acceptors (Lipinski definition) is 6.